The molecule has 0 radical (unpaired) electrons. The van der Waals surface area contributed by atoms with Crippen LogP contribution >= 0.6 is 0 Å². The number of rotatable bonds is 4. The molecule has 0 bridgehead atoms. The highest BCUT2D eigenvalue weighted by molar-refractivity contribution is 7.00. The second-order valence-electron chi connectivity index (χ2n) is 21.0. The zero-order chi connectivity index (χ0) is 44.2. The molecule has 8 aromatic rings. The molecule has 0 saturated heterocycles. The van der Waals surface area contributed by atoms with Crippen LogP contribution in [-0.2, 0) is 22.8 Å². The van der Waals surface area contributed by atoms with Crippen molar-refractivity contribution in [1.29, 1.82) is 0 Å². The Bertz CT molecular complexity index is 3320. The van der Waals surface area contributed by atoms with E-state index in [1.54, 1.807) is 0 Å². The molecule has 6 aliphatic rings. The van der Waals surface area contributed by atoms with Gasteiger partial charge in [-0.05, 0) is 137 Å². The monoisotopic (exact) mass is 851 g/mol. The van der Waals surface area contributed by atoms with Gasteiger partial charge in [0.05, 0.1) is 11.1 Å². The number of benzene rings is 8. The molecule has 66 heavy (non-hydrogen) atoms. The van der Waals surface area contributed by atoms with Gasteiger partial charge in [-0.2, -0.15) is 0 Å². The van der Waals surface area contributed by atoms with E-state index in [1.807, 2.05) is 0 Å². The van der Waals surface area contributed by atoms with Crippen LogP contribution in [0.3, 0.4) is 0 Å². The first-order valence-corrected chi connectivity index (χ1v) is 24.5. The first kappa shape index (κ1) is 38.5. The van der Waals surface area contributed by atoms with Crippen LogP contribution in [0.1, 0.15) is 82.1 Å². The Morgan fingerprint density at radius 1 is 0.424 bits per heavy atom. The van der Waals surface area contributed by atoms with Crippen molar-refractivity contribution in [1.82, 2.24) is 0 Å². The third kappa shape index (κ3) is 4.75. The molecule has 4 atom stereocenters. The van der Waals surface area contributed by atoms with Gasteiger partial charge in [0.15, 0.2) is 0 Å². The fourth-order valence-corrected chi connectivity index (χ4v) is 14.6. The Hall–Kier alpha value is -6.78. The smallest absolute Gasteiger partial charge is 0.252 e. The van der Waals surface area contributed by atoms with Crippen LogP contribution in [0.2, 0.25) is 0 Å². The third-order valence-corrected chi connectivity index (χ3v) is 18.2. The van der Waals surface area contributed by atoms with Gasteiger partial charge in [0, 0.05) is 50.6 Å². The lowest BCUT2D eigenvalue weighted by Crippen LogP contribution is -2.64. The van der Waals surface area contributed by atoms with Gasteiger partial charge in [-0.15, -0.1) is 0 Å². The first-order chi connectivity index (χ1) is 32.2. The standard InChI is InChI=1S/C62H54BN3/c1-59-34-15-16-35-61(59,3)65(53-30-14-13-27-49(53)59)47-39-55-57-56(40-47)66-58-50(60(2)36-33-43-23-11-12-26-48(43)62(60,66)4)28-18-29-52(58)63(57)51-32-31-45(42-21-9-6-10-22-42)38-54(51)64(55)46-25-17-24-44(37-46)41-19-7-5-8-20-41/h5-14,17-32,37-40H,15-16,33-36H2,1-4H3. The van der Waals surface area contributed by atoms with Gasteiger partial charge >= 0.3 is 0 Å². The molecule has 8 aromatic carbocycles. The van der Waals surface area contributed by atoms with Gasteiger partial charge in [-0.1, -0.05) is 172 Å². The number of fused-ring (bicyclic) bond motifs is 12. The Morgan fingerprint density at radius 2 is 1.08 bits per heavy atom. The van der Waals surface area contributed by atoms with E-state index in [9.17, 15) is 0 Å². The Balaban J connectivity index is 1.12. The molecule has 4 unspecified atom stereocenters. The van der Waals surface area contributed by atoms with Gasteiger partial charge < -0.3 is 14.7 Å². The van der Waals surface area contributed by atoms with Crippen molar-refractivity contribution < 1.29 is 0 Å². The maximum Gasteiger partial charge on any atom is 0.252 e. The van der Waals surface area contributed by atoms with E-state index in [-0.39, 0.29) is 28.6 Å². The number of aryl methyl sites for hydroxylation is 1. The fraction of sp³-hybridized carbons (Fsp3) is 0.226. The summed E-state index contributed by atoms with van der Waals surface area (Å²) in [6.45, 7) is 10.4. The van der Waals surface area contributed by atoms with E-state index < -0.39 is 0 Å². The molecular weight excluding hydrogens is 798 g/mol. The molecular formula is C62H54BN3. The van der Waals surface area contributed by atoms with Gasteiger partial charge in [0.25, 0.3) is 6.71 Å². The first-order valence-electron chi connectivity index (χ1n) is 24.5. The van der Waals surface area contributed by atoms with Crippen molar-refractivity contribution in [2.45, 2.75) is 88.1 Å². The van der Waals surface area contributed by atoms with Crippen molar-refractivity contribution in [3.05, 3.63) is 204 Å². The topological polar surface area (TPSA) is 9.72 Å². The second kappa shape index (κ2) is 13.4. The van der Waals surface area contributed by atoms with E-state index in [0.29, 0.717) is 0 Å². The number of hydrogen-bond donors (Lipinski definition) is 0. The molecule has 320 valence electrons. The van der Waals surface area contributed by atoms with E-state index in [2.05, 4.69) is 224 Å². The van der Waals surface area contributed by atoms with Crippen LogP contribution in [0.15, 0.2) is 182 Å². The second-order valence-corrected chi connectivity index (χ2v) is 21.0. The van der Waals surface area contributed by atoms with Crippen molar-refractivity contribution in [3.8, 4) is 22.3 Å². The molecule has 0 aromatic heterocycles. The maximum atomic E-state index is 2.88. The van der Waals surface area contributed by atoms with E-state index in [1.165, 1.54) is 120 Å². The fourth-order valence-electron chi connectivity index (χ4n) is 14.6. The van der Waals surface area contributed by atoms with Gasteiger partial charge in [-0.25, -0.2) is 0 Å². The number of anilines is 7. The molecule has 1 saturated carbocycles. The van der Waals surface area contributed by atoms with Crippen molar-refractivity contribution in [2.24, 2.45) is 0 Å². The predicted octanol–water partition coefficient (Wildman–Crippen LogP) is 13.6. The minimum atomic E-state index is -0.320. The molecule has 0 N–H and O–H groups in total. The lowest BCUT2D eigenvalue weighted by atomic mass is 9.33. The summed E-state index contributed by atoms with van der Waals surface area (Å²) in [7, 11) is 0. The average Bonchev–Trinajstić information content (AvgIpc) is 3.71. The lowest BCUT2D eigenvalue weighted by molar-refractivity contribution is 0.195. The summed E-state index contributed by atoms with van der Waals surface area (Å²) in [6.07, 6.45) is 7.03. The maximum absolute atomic E-state index is 2.88. The summed E-state index contributed by atoms with van der Waals surface area (Å²) in [5.74, 6) is 0. The molecule has 0 amide bonds. The highest BCUT2D eigenvalue weighted by Crippen LogP contribution is 2.66. The molecule has 4 aliphatic heterocycles. The van der Waals surface area contributed by atoms with Gasteiger partial charge in [0.2, 0.25) is 0 Å². The number of para-hydroxylation sites is 2. The van der Waals surface area contributed by atoms with Crippen LogP contribution in [0, 0.1) is 0 Å². The normalized spacial score (nSPS) is 24.7. The van der Waals surface area contributed by atoms with Gasteiger partial charge in [-0.3, -0.25) is 0 Å². The van der Waals surface area contributed by atoms with Crippen molar-refractivity contribution >= 4 is 62.9 Å². The third-order valence-electron chi connectivity index (χ3n) is 18.2. The molecule has 2 aliphatic carbocycles. The molecule has 4 heteroatoms. The van der Waals surface area contributed by atoms with Gasteiger partial charge in [0.1, 0.15) is 0 Å². The number of nitrogens with zero attached hydrogens (tertiary/aromatic N) is 3. The van der Waals surface area contributed by atoms with Crippen LogP contribution in [-0.4, -0.2) is 12.3 Å². The predicted molar refractivity (Wildman–Crippen MR) is 278 cm³/mol. The number of hydrogen-bond acceptors (Lipinski definition) is 3. The molecule has 0 spiro atoms. The minimum Gasteiger partial charge on any atom is -0.334 e. The Labute approximate surface area is 390 Å². The van der Waals surface area contributed by atoms with Crippen molar-refractivity contribution in [2.75, 3.05) is 14.7 Å². The highest BCUT2D eigenvalue weighted by atomic mass is 15.3. The van der Waals surface area contributed by atoms with Crippen LogP contribution in [0.5, 0.6) is 0 Å². The largest absolute Gasteiger partial charge is 0.334 e. The zero-order valence-electron chi connectivity index (χ0n) is 38.5. The summed E-state index contributed by atoms with van der Waals surface area (Å²) in [5, 5.41) is 0. The molecule has 14 rings (SSSR count). The van der Waals surface area contributed by atoms with Crippen LogP contribution in [0.25, 0.3) is 22.3 Å². The summed E-state index contributed by atoms with van der Waals surface area (Å²) in [5.41, 5.74) is 23.7. The summed E-state index contributed by atoms with van der Waals surface area (Å²) < 4.78 is 0. The molecule has 1 fully saturated rings. The van der Waals surface area contributed by atoms with Crippen LogP contribution in [0.4, 0.5) is 39.8 Å². The van der Waals surface area contributed by atoms with E-state index >= 15 is 0 Å². The Morgan fingerprint density at radius 3 is 1.88 bits per heavy atom. The molecule has 3 nitrogen and oxygen atoms in total. The lowest BCUT2D eigenvalue weighted by Gasteiger charge is -2.54. The van der Waals surface area contributed by atoms with Crippen molar-refractivity contribution in [3.63, 3.8) is 0 Å². The average molecular weight is 852 g/mol. The quantitative estimate of drug-likeness (QED) is 0.163. The summed E-state index contributed by atoms with van der Waals surface area (Å²) in [6, 6.07) is 69.9. The Kier molecular flexibility index (Phi) is 7.82. The highest BCUT2D eigenvalue weighted by Gasteiger charge is 2.64. The van der Waals surface area contributed by atoms with E-state index in [4.69, 9.17) is 0 Å². The minimum absolute atomic E-state index is 0.0265. The zero-order valence-corrected chi connectivity index (χ0v) is 38.5. The molecule has 4 heterocycles. The van der Waals surface area contributed by atoms with E-state index in [0.717, 1.165) is 19.3 Å². The SMILES string of the molecule is CC12CCCCC1(C)N(c1cc3c4c(c1)N1c5c(cccc5C5(C)CCc6ccccc6C15C)B4c1ccc(-c4ccccc4)cc1N3c1cccc(-c3ccccc3)c1)c1ccccc12. The summed E-state index contributed by atoms with van der Waals surface area (Å²) in [4.78, 5) is 8.34. The van der Waals surface area contributed by atoms with Crippen LogP contribution < -0.4 is 31.1 Å². The summed E-state index contributed by atoms with van der Waals surface area (Å²) >= 11 is 0.